The van der Waals surface area contributed by atoms with E-state index >= 15 is 0 Å². The van der Waals surface area contributed by atoms with Gasteiger partial charge in [0, 0.05) is 37.1 Å². The van der Waals surface area contributed by atoms with Gasteiger partial charge in [-0.3, -0.25) is 4.98 Å². The molecule has 0 radical (unpaired) electrons. The third-order valence-corrected chi connectivity index (χ3v) is 6.72. The van der Waals surface area contributed by atoms with E-state index in [1.54, 1.807) is 54.0 Å². The predicted octanol–water partition coefficient (Wildman–Crippen LogP) is 3.78. The maximum atomic E-state index is 13.5. The van der Waals surface area contributed by atoms with Gasteiger partial charge in [0.2, 0.25) is 0 Å². The van der Waals surface area contributed by atoms with Crippen LogP contribution in [0.2, 0.25) is 0 Å². The number of H-pyrrole nitrogens is 1. The van der Waals surface area contributed by atoms with Gasteiger partial charge in [-0.1, -0.05) is 12.1 Å². The number of rotatable bonds is 10. The minimum absolute atomic E-state index is 0.263. The molecule has 222 valence electrons. The number of hydrogen-bond acceptors (Lipinski definition) is 10. The van der Waals surface area contributed by atoms with Gasteiger partial charge in [-0.15, -0.1) is 0 Å². The molecular weight excluding hydrogens is 548 g/mol. The lowest BCUT2D eigenvalue weighted by atomic mass is 10.0. The smallest absolute Gasteiger partial charge is 0.332 e. The van der Waals surface area contributed by atoms with Crippen LogP contribution in [0.3, 0.4) is 0 Å². The molecule has 12 nitrogen and oxygen atoms in total. The van der Waals surface area contributed by atoms with Crippen LogP contribution in [0.25, 0.3) is 16.9 Å². The van der Waals surface area contributed by atoms with Crippen molar-refractivity contribution in [3.8, 4) is 5.69 Å². The number of carbonyl (C=O) groups is 1. The maximum Gasteiger partial charge on any atom is 0.332 e. The monoisotopic (exact) mass is 582 g/mol. The number of imidazole rings is 1. The average molecular weight is 583 g/mol. The first-order chi connectivity index (χ1) is 20.6. The van der Waals surface area contributed by atoms with Crippen LogP contribution >= 0.6 is 0 Å². The third-order valence-electron chi connectivity index (χ3n) is 6.72. The fourth-order valence-electron chi connectivity index (χ4n) is 4.76. The number of carbonyl (C=O) groups excluding carboxylic acids is 1. The Hall–Kier alpha value is -5.10. The summed E-state index contributed by atoms with van der Waals surface area (Å²) >= 11 is 0. The van der Waals surface area contributed by atoms with E-state index in [9.17, 15) is 14.7 Å². The molecule has 0 aliphatic heterocycles. The minimum Gasteiger partial charge on any atom is -0.458 e. The first-order valence-electron chi connectivity index (χ1n) is 13.9. The Balaban J connectivity index is 1.44. The number of benzene rings is 1. The number of pyridine rings is 2. The molecule has 43 heavy (non-hydrogen) atoms. The molecule has 1 unspecified atom stereocenters. The topological polar surface area (TPSA) is 151 Å². The molecule has 3 N–H and O–H groups in total. The van der Waals surface area contributed by atoms with Crippen molar-refractivity contribution in [1.29, 1.82) is 0 Å². The van der Waals surface area contributed by atoms with Crippen LogP contribution in [-0.2, 0) is 16.0 Å². The highest BCUT2D eigenvalue weighted by atomic mass is 16.6. The Bertz CT molecular complexity index is 1750. The Morgan fingerprint density at radius 1 is 1.07 bits per heavy atom. The molecule has 12 heteroatoms. The molecule has 0 spiro atoms. The molecule has 2 atom stereocenters. The molecule has 5 rings (SSSR count). The normalized spacial score (nSPS) is 13.0. The molecule has 0 bridgehead atoms. The summed E-state index contributed by atoms with van der Waals surface area (Å²) in [6.07, 6.45) is 7.11. The summed E-state index contributed by atoms with van der Waals surface area (Å²) in [5.74, 6) is -0.0928. The average Bonchev–Trinajstić information content (AvgIpc) is 3.33. The molecule has 1 aromatic carbocycles. The van der Waals surface area contributed by atoms with Crippen molar-refractivity contribution in [3.05, 3.63) is 101 Å². The highest BCUT2D eigenvalue weighted by molar-refractivity contribution is 5.81. The van der Waals surface area contributed by atoms with Crippen molar-refractivity contribution < 1.29 is 14.6 Å². The van der Waals surface area contributed by atoms with E-state index in [4.69, 9.17) is 4.74 Å². The number of esters is 1. The summed E-state index contributed by atoms with van der Waals surface area (Å²) in [4.78, 5) is 47.6. The van der Waals surface area contributed by atoms with E-state index in [1.165, 1.54) is 10.9 Å². The van der Waals surface area contributed by atoms with Crippen molar-refractivity contribution >= 4 is 28.6 Å². The molecule has 0 aliphatic rings. The summed E-state index contributed by atoms with van der Waals surface area (Å²) in [6.45, 7) is 7.77. The van der Waals surface area contributed by atoms with Crippen molar-refractivity contribution in [1.82, 2.24) is 29.5 Å². The second-order valence-electron chi connectivity index (χ2n) is 10.9. The second kappa shape index (κ2) is 12.4. The number of nitrogens with one attached hydrogen (secondary N) is 2. The standard InChI is InChI=1S/C31H34N8O4/c1-5-38(28(40)21-12-15-32-16-13-21)25-18-33-19-35-26(25)36-24(29(41)43-31(2,3)4)17-20-8-10-22(11-9-20)39-27-23(37-30(39)42)7-6-14-34-27/h6-16,18-19,24,28,40H,5,17H2,1-4H3,(H,37,42)(H,33,35,36)/t24-,28?/m0/s1. The van der Waals surface area contributed by atoms with Gasteiger partial charge in [0.1, 0.15) is 23.7 Å². The molecular formula is C31H34N8O4. The van der Waals surface area contributed by atoms with E-state index in [0.717, 1.165) is 5.56 Å². The van der Waals surface area contributed by atoms with Crippen molar-refractivity contribution in [3.63, 3.8) is 0 Å². The zero-order valence-corrected chi connectivity index (χ0v) is 24.4. The number of ether oxygens (including phenoxy) is 1. The fourth-order valence-corrected chi connectivity index (χ4v) is 4.76. The van der Waals surface area contributed by atoms with Crippen LogP contribution in [0.5, 0.6) is 0 Å². The zero-order chi connectivity index (χ0) is 30.6. The Morgan fingerprint density at radius 3 is 2.51 bits per heavy atom. The van der Waals surface area contributed by atoms with Gasteiger partial charge in [0.15, 0.2) is 17.7 Å². The van der Waals surface area contributed by atoms with Crippen LogP contribution < -0.4 is 15.9 Å². The minimum atomic E-state index is -0.991. The van der Waals surface area contributed by atoms with Crippen LogP contribution in [0.1, 0.15) is 45.0 Å². The van der Waals surface area contributed by atoms with Gasteiger partial charge in [0.05, 0.1) is 17.4 Å². The van der Waals surface area contributed by atoms with Crippen molar-refractivity contribution in [2.24, 2.45) is 0 Å². The van der Waals surface area contributed by atoms with E-state index in [0.29, 0.717) is 40.5 Å². The SMILES string of the molecule is CCN(c1cncnc1N[C@@H](Cc1ccc(-n2c(=O)[nH]c3cccnc32)cc1)C(=O)OC(C)(C)C)C(O)c1ccncc1. The number of anilines is 2. The number of nitrogens with zero attached hydrogens (tertiary/aromatic N) is 6. The lowest BCUT2D eigenvalue weighted by molar-refractivity contribution is -0.155. The third kappa shape index (κ3) is 6.70. The predicted molar refractivity (Wildman–Crippen MR) is 163 cm³/mol. The zero-order valence-electron chi connectivity index (χ0n) is 24.4. The van der Waals surface area contributed by atoms with Gasteiger partial charge in [0.25, 0.3) is 0 Å². The summed E-state index contributed by atoms with van der Waals surface area (Å²) < 4.78 is 7.26. The fraction of sp³-hybridized carbons (Fsp3) is 0.290. The number of aliphatic hydroxyl groups excluding tert-OH is 1. The first kappa shape index (κ1) is 29.4. The molecule has 4 heterocycles. The van der Waals surface area contributed by atoms with Crippen LogP contribution in [0.15, 0.2) is 84.4 Å². The van der Waals surface area contributed by atoms with E-state index in [-0.39, 0.29) is 12.1 Å². The second-order valence-corrected chi connectivity index (χ2v) is 10.9. The van der Waals surface area contributed by atoms with Gasteiger partial charge >= 0.3 is 11.7 Å². The van der Waals surface area contributed by atoms with Gasteiger partial charge < -0.3 is 25.0 Å². The Kier molecular flexibility index (Phi) is 8.48. The molecule has 0 saturated heterocycles. The number of fused-ring (bicyclic) bond motifs is 1. The van der Waals surface area contributed by atoms with Crippen molar-refractivity contribution in [2.75, 3.05) is 16.8 Å². The van der Waals surface area contributed by atoms with E-state index in [1.807, 2.05) is 52.0 Å². The van der Waals surface area contributed by atoms with Gasteiger partial charge in [-0.2, -0.15) is 0 Å². The summed E-state index contributed by atoms with van der Waals surface area (Å²) in [5, 5.41) is 14.4. The van der Waals surface area contributed by atoms with Crippen LogP contribution in [-0.4, -0.2) is 58.8 Å². The molecule has 0 aliphatic carbocycles. The summed E-state index contributed by atoms with van der Waals surface area (Å²) in [6, 6.07) is 13.5. The molecule has 4 aromatic heterocycles. The molecule has 5 aromatic rings. The van der Waals surface area contributed by atoms with Gasteiger partial charge in [-0.05, 0) is 69.7 Å². The lowest BCUT2D eigenvalue weighted by Crippen LogP contribution is -2.39. The highest BCUT2D eigenvalue weighted by Gasteiger charge is 2.28. The van der Waals surface area contributed by atoms with Crippen LogP contribution in [0.4, 0.5) is 11.5 Å². The summed E-state index contributed by atoms with van der Waals surface area (Å²) in [5.41, 5.74) is 2.80. The lowest BCUT2D eigenvalue weighted by Gasteiger charge is -2.31. The molecule has 0 fully saturated rings. The summed E-state index contributed by atoms with van der Waals surface area (Å²) in [7, 11) is 0. The maximum absolute atomic E-state index is 13.5. The Morgan fingerprint density at radius 2 is 1.81 bits per heavy atom. The quantitative estimate of drug-likeness (QED) is 0.164. The number of aromatic nitrogens is 6. The van der Waals surface area contributed by atoms with E-state index < -0.39 is 23.8 Å². The Labute approximate surface area is 248 Å². The molecule has 0 amide bonds. The first-order valence-corrected chi connectivity index (χ1v) is 13.9. The molecule has 0 saturated carbocycles. The number of aromatic amines is 1. The largest absolute Gasteiger partial charge is 0.458 e. The van der Waals surface area contributed by atoms with Gasteiger partial charge in [-0.25, -0.2) is 29.1 Å². The van der Waals surface area contributed by atoms with E-state index in [2.05, 4.69) is 30.2 Å². The number of hydrogen-bond donors (Lipinski definition) is 3. The highest BCUT2D eigenvalue weighted by Crippen LogP contribution is 2.30. The van der Waals surface area contributed by atoms with Crippen LogP contribution in [0, 0.1) is 0 Å². The van der Waals surface area contributed by atoms with Crippen molar-refractivity contribution in [2.45, 2.75) is 52.0 Å². The number of aliphatic hydroxyl groups is 1.